The summed E-state index contributed by atoms with van der Waals surface area (Å²) in [5.41, 5.74) is 1.35. The van der Waals surface area contributed by atoms with Gasteiger partial charge >= 0.3 is 0 Å². The second-order valence-electron chi connectivity index (χ2n) is 5.12. The maximum absolute atomic E-state index is 9.30. The molecule has 1 atom stereocenters. The van der Waals surface area contributed by atoms with Crippen molar-refractivity contribution >= 4 is 0 Å². The number of benzene rings is 1. The van der Waals surface area contributed by atoms with Gasteiger partial charge in [-0.3, -0.25) is 0 Å². The zero-order valence-corrected chi connectivity index (χ0v) is 10.1. The van der Waals surface area contributed by atoms with Crippen molar-refractivity contribution in [3.05, 3.63) is 35.9 Å². The fraction of sp³-hybridized carbons (Fsp3) is 0.571. The Labute approximate surface area is 97.7 Å². The molecule has 1 aliphatic rings. The van der Waals surface area contributed by atoms with Crippen LogP contribution in [0.4, 0.5) is 0 Å². The standard InChI is InChI=1S/C14H21NO/c1-10(2)14(11-6-4-3-5-7-11)15-12-8-13(16)9-12/h3-7,10,12-16H,8-9H2,1-2H3. The molecule has 1 aliphatic carbocycles. The molecule has 0 aliphatic heterocycles. The molecule has 2 rings (SSSR count). The van der Waals surface area contributed by atoms with E-state index in [0.29, 0.717) is 18.0 Å². The van der Waals surface area contributed by atoms with Crippen LogP contribution in [0.15, 0.2) is 30.3 Å². The molecule has 16 heavy (non-hydrogen) atoms. The van der Waals surface area contributed by atoms with Gasteiger partial charge in [-0.15, -0.1) is 0 Å². The van der Waals surface area contributed by atoms with E-state index in [2.05, 4.69) is 43.4 Å². The Kier molecular flexibility index (Phi) is 3.62. The number of nitrogens with one attached hydrogen (secondary N) is 1. The Bertz CT molecular complexity index is 317. The van der Waals surface area contributed by atoms with E-state index in [0.717, 1.165) is 12.8 Å². The fourth-order valence-electron chi connectivity index (χ4n) is 2.31. The quantitative estimate of drug-likeness (QED) is 0.815. The molecule has 1 fully saturated rings. The van der Waals surface area contributed by atoms with Gasteiger partial charge < -0.3 is 10.4 Å². The molecule has 88 valence electrons. The highest BCUT2D eigenvalue weighted by atomic mass is 16.3. The van der Waals surface area contributed by atoms with Crippen LogP contribution in [-0.2, 0) is 0 Å². The van der Waals surface area contributed by atoms with Crippen molar-refractivity contribution in [2.75, 3.05) is 0 Å². The predicted molar refractivity (Wildman–Crippen MR) is 66.2 cm³/mol. The van der Waals surface area contributed by atoms with Gasteiger partial charge in [0.15, 0.2) is 0 Å². The summed E-state index contributed by atoms with van der Waals surface area (Å²) in [6.07, 6.45) is 1.72. The summed E-state index contributed by atoms with van der Waals surface area (Å²) in [4.78, 5) is 0. The summed E-state index contributed by atoms with van der Waals surface area (Å²) in [6.45, 7) is 4.47. The number of aliphatic hydroxyl groups excluding tert-OH is 1. The van der Waals surface area contributed by atoms with E-state index in [-0.39, 0.29) is 6.10 Å². The fourth-order valence-corrected chi connectivity index (χ4v) is 2.31. The van der Waals surface area contributed by atoms with Gasteiger partial charge in [0.25, 0.3) is 0 Å². The number of rotatable bonds is 4. The van der Waals surface area contributed by atoms with E-state index in [1.807, 2.05) is 6.07 Å². The first-order chi connectivity index (χ1) is 7.66. The predicted octanol–water partition coefficient (Wildman–Crippen LogP) is 2.50. The van der Waals surface area contributed by atoms with Crippen molar-refractivity contribution in [2.24, 2.45) is 5.92 Å². The summed E-state index contributed by atoms with van der Waals surface area (Å²) in [5.74, 6) is 0.570. The monoisotopic (exact) mass is 219 g/mol. The van der Waals surface area contributed by atoms with Crippen LogP contribution in [0, 0.1) is 5.92 Å². The van der Waals surface area contributed by atoms with Crippen LogP contribution in [0.1, 0.15) is 38.3 Å². The summed E-state index contributed by atoms with van der Waals surface area (Å²) in [7, 11) is 0. The van der Waals surface area contributed by atoms with E-state index in [1.54, 1.807) is 0 Å². The second-order valence-corrected chi connectivity index (χ2v) is 5.12. The molecule has 0 radical (unpaired) electrons. The third-order valence-electron chi connectivity index (χ3n) is 3.35. The molecule has 0 aromatic heterocycles. The molecule has 1 saturated carbocycles. The smallest absolute Gasteiger partial charge is 0.0570 e. The van der Waals surface area contributed by atoms with Crippen LogP contribution in [0.2, 0.25) is 0 Å². The molecule has 2 nitrogen and oxygen atoms in total. The van der Waals surface area contributed by atoms with Crippen molar-refractivity contribution in [2.45, 2.75) is 44.9 Å². The van der Waals surface area contributed by atoms with Crippen LogP contribution >= 0.6 is 0 Å². The molecular formula is C14H21NO. The number of aliphatic hydroxyl groups is 1. The Morgan fingerprint density at radius 2 is 1.81 bits per heavy atom. The van der Waals surface area contributed by atoms with E-state index >= 15 is 0 Å². The van der Waals surface area contributed by atoms with Gasteiger partial charge in [0.2, 0.25) is 0 Å². The first-order valence-corrected chi connectivity index (χ1v) is 6.16. The number of hydrogen-bond donors (Lipinski definition) is 2. The molecule has 0 bridgehead atoms. The van der Waals surface area contributed by atoms with Gasteiger partial charge in [0.05, 0.1) is 6.10 Å². The van der Waals surface area contributed by atoms with Gasteiger partial charge in [-0.2, -0.15) is 0 Å². The first-order valence-electron chi connectivity index (χ1n) is 6.16. The van der Waals surface area contributed by atoms with Crippen LogP contribution < -0.4 is 5.32 Å². The van der Waals surface area contributed by atoms with E-state index < -0.39 is 0 Å². The zero-order valence-electron chi connectivity index (χ0n) is 10.1. The average Bonchev–Trinajstić information content (AvgIpc) is 2.23. The van der Waals surface area contributed by atoms with Crippen LogP contribution in [-0.4, -0.2) is 17.3 Å². The second kappa shape index (κ2) is 4.98. The third-order valence-corrected chi connectivity index (χ3v) is 3.35. The maximum Gasteiger partial charge on any atom is 0.0570 e. The van der Waals surface area contributed by atoms with E-state index in [1.165, 1.54) is 5.56 Å². The highest BCUT2D eigenvalue weighted by molar-refractivity contribution is 5.19. The van der Waals surface area contributed by atoms with Gasteiger partial charge in [-0.25, -0.2) is 0 Å². The van der Waals surface area contributed by atoms with Crippen LogP contribution in [0.5, 0.6) is 0 Å². The lowest BCUT2D eigenvalue weighted by atomic mass is 9.86. The molecule has 0 heterocycles. The summed E-state index contributed by atoms with van der Waals surface area (Å²) < 4.78 is 0. The SMILES string of the molecule is CC(C)C(NC1CC(O)C1)c1ccccc1. The summed E-state index contributed by atoms with van der Waals surface area (Å²) >= 11 is 0. The van der Waals surface area contributed by atoms with Crippen molar-refractivity contribution in [1.82, 2.24) is 5.32 Å². The molecule has 0 saturated heterocycles. The molecule has 0 spiro atoms. The molecule has 0 amide bonds. The lowest BCUT2D eigenvalue weighted by Gasteiger charge is -2.37. The maximum atomic E-state index is 9.30. The lowest BCUT2D eigenvalue weighted by Crippen LogP contribution is -2.46. The molecule has 2 N–H and O–H groups in total. The van der Waals surface area contributed by atoms with Crippen molar-refractivity contribution in [3.8, 4) is 0 Å². The lowest BCUT2D eigenvalue weighted by molar-refractivity contribution is 0.0547. The molecule has 1 aromatic carbocycles. The third kappa shape index (κ3) is 2.63. The molecular weight excluding hydrogens is 198 g/mol. The first kappa shape index (κ1) is 11.6. The van der Waals surface area contributed by atoms with E-state index in [4.69, 9.17) is 0 Å². The van der Waals surface area contributed by atoms with Crippen molar-refractivity contribution < 1.29 is 5.11 Å². The van der Waals surface area contributed by atoms with E-state index in [9.17, 15) is 5.11 Å². The van der Waals surface area contributed by atoms with Crippen LogP contribution in [0.25, 0.3) is 0 Å². The normalized spacial score (nSPS) is 26.5. The van der Waals surface area contributed by atoms with Gasteiger partial charge in [0.1, 0.15) is 0 Å². The van der Waals surface area contributed by atoms with Gasteiger partial charge in [-0.1, -0.05) is 44.2 Å². The Hall–Kier alpha value is -0.860. The minimum absolute atomic E-state index is 0.0823. The largest absolute Gasteiger partial charge is 0.393 e. The summed E-state index contributed by atoms with van der Waals surface area (Å²) in [6, 6.07) is 11.5. The summed E-state index contributed by atoms with van der Waals surface area (Å²) in [5, 5.41) is 12.9. The topological polar surface area (TPSA) is 32.3 Å². The minimum Gasteiger partial charge on any atom is -0.393 e. The van der Waals surface area contributed by atoms with Crippen LogP contribution in [0.3, 0.4) is 0 Å². The Morgan fingerprint density at radius 3 is 2.31 bits per heavy atom. The zero-order chi connectivity index (χ0) is 11.5. The van der Waals surface area contributed by atoms with Gasteiger partial charge in [0, 0.05) is 12.1 Å². The Balaban J connectivity index is 2.01. The molecule has 1 unspecified atom stereocenters. The highest BCUT2D eigenvalue weighted by Crippen LogP contribution is 2.27. The van der Waals surface area contributed by atoms with Crippen molar-refractivity contribution in [1.29, 1.82) is 0 Å². The van der Waals surface area contributed by atoms with Gasteiger partial charge in [-0.05, 0) is 24.3 Å². The molecule has 2 heteroatoms. The average molecular weight is 219 g/mol. The molecule has 1 aromatic rings. The number of hydrogen-bond acceptors (Lipinski definition) is 2. The minimum atomic E-state index is -0.0823. The van der Waals surface area contributed by atoms with Crippen molar-refractivity contribution in [3.63, 3.8) is 0 Å². The highest BCUT2D eigenvalue weighted by Gasteiger charge is 2.30. The Morgan fingerprint density at radius 1 is 1.19 bits per heavy atom.